The fourth-order valence-electron chi connectivity index (χ4n) is 4.10. The highest BCUT2D eigenvalue weighted by Crippen LogP contribution is 2.39. The minimum Gasteiger partial charge on any atom is -0.444 e. The number of rotatable bonds is 6. The van der Waals surface area contributed by atoms with Crippen LogP contribution in [0.25, 0.3) is 0 Å². The summed E-state index contributed by atoms with van der Waals surface area (Å²) in [6.07, 6.45) is 0.618. The van der Waals surface area contributed by atoms with Gasteiger partial charge in [0.2, 0.25) is 5.91 Å². The van der Waals surface area contributed by atoms with Crippen molar-refractivity contribution in [3.05, 3.63) is 35.4 Å². The lowest BCUT2D eigenvalue weighted by atomic mass is 9.67. The van der Waals surface area contributed by atoms with Crippen LogP contribution in [0.2, 0.25) is 0 Å². The maximum absolute atomic E-state index is 12.3. The van der Waals surface area contributed by atoms with Gasteiger partial charge in [-0.05, 0) is 68.7 Å². The van der Waals surface area contributed by atoms with Crippen LogP contribution in [0.5, 0.6) is 0 Å². The van der Waals surface area contributed by atoms with E-state index in [0.717, 1.165) is 26.1 Å². The zero-order valence-corrected chi connectivity index (χ0v) is 19.6. The Morgan fingerprint density at radius 1 is 1.33 bits per heavy atom. The van der Waals surface area contributed by atoms with Gasteiger partial charge in [0.25, 0.3) is 0 Å². The van der Waals surface area contributed by atoms with E-state index in [1.165, 1.54) is 5.56 Å². The molecule has 0 aromatic heterocycles. The number of nitrogens with one attached hydrogen (secondary N) is 1. The maximum Gasteiger partial charge on any atom is 0.407 e. The summed E-state index contributed by atoms with van der Waals surface area (Å²) in [5.41, 5.74) is 6.68. The first-order chi connectivity index (χ1) is 13.8. The van der Waals surface area contributed by atoms with Gasteiger partial charge in [-0.25, -0.2) is 4.79 Å². The van der Waals surface area contributed by atoms with Gasteiger partial charge in [0.05, 0.1) is 0 Å². The summed E-state index contributed by atoms with van der Waals surface area (Å²) in [5, 5.41) is 3.05. The zero-order chi connectivity index (χ0) is 22.7. The molecule has 1 fully saturated rings. The van der Waals surface area contributed by atoms with Crippen molar-refractivity contribution >= 4 is 12.0 Å². The molecule has 1 aliphatic heterocycles. The summed E-state index contributed by atoms with van der Waals surface area (Å²) in [4.78, 5) is 26.3. The summed E-state index contributed by atoms with van der Waals surface area (Å²) >= 11 is 0. The zero-order valence-electron chi connectivity index (χ0n) is 19.6. The number of hydrogen-bond acceptors (Lipinski definition) is 4. The van der Waals surface area contributed by atoms with Crippen LogP contribution in [0.1, 0.15) is 70.8 Å². The number of hydrogen-bond donors (Lipinski definition) is 2. The summed E-state index contributed by atoms with van der Waals surface area (Å²) in [6, 6.07) is 7.74. The Balaban J connectivity index is 2.05. The third-order valence-corrected chi connectivity index (χ3v) is 6.34. The second-order valence-electron chi connectivity index (χ2n) is 10.3. The lowest BCUT2D eigenvalue weighted by Gasteiger charge is -2.46. The molecule has 6 nitrogen and oxygen atoms in total. The standard InChI is InChI=1S/C24H39N3O3/c1-16(2)20(26-22(29)30-23(4,5)6)15-27-12-11-24(7,17(3)14-27)19-10-8-9-18(13-19)21(25)28/h8-10,13,16-17,20H,11-12,14-15H2,1-7H3,(H2,25,28)(H,26,29)/t17-,20+,24+/m0/s1. The Morgan fingerprint density at radius 2 is 2.00 bits per heavy atom. The van der Waals surface area contributed by atoms with Crippen LogP contribution in [0.15, 0.2) is 24.3 Å². The number of ether oxygens (including phenoxy) is 1. The second kappa shape index (κ2) is 9.38. The third kappa shape index (κ3) is 6.21. The number of carbonyl (C=O) groups is 2. The van der Waals surface area contributed by atoms with Crippen LogP contribution in [-0.2, 0) is 10.2 Å². The highest BCUT2D eigenvalue weighted by atomic mass is 16.6. The number of benzene rings is 1. The SMILES string of the molecule is CC(C)[C@@H](CN1CC[C@@](C)(c2cccc(C(N)=O)c2)[C@@H](C)C1)NC(=O)OC(C)(C)C. The van der Waals surface area contributed by atoms with Gasteiger partial charge < -0.3 is 20.7 Å². The van der Waals surface area contributed by atoms with Crippen LogP contribution in [0.4, 0.5) is 4.79 Å². The van der Waals surface area contributed by atoms with Crippen LogP contribution < -0.4 is 11.1 Å². The van der Waals surface area contributed by atoms with E-state index in [1.54, 1.807) is 6.07 Å². The summed E-state index contributed by atoms with van der Waals surface area (Å²) in [6.45, 7) is 17.0. The maximum atomic E-state index is 12.3. The quantitative estimate of drug-likeness (QED) is 0.734. The lowest BCUT2D eigenvalue weighted by Crippen LogP contribution is -2.53. The average molecular weight is 418 g/mol. The smallest absolute Gasteiger partial charge is 0.407 e. The fraction of sp³-hybridized carbons (Fsp3) is 0.667. The predicted molar refractivity (Wildman–Crippen MR) is 121 cm³/mol. The van der Waals surface area contributed by atoms with Crippen LogP contribution in [0.3, 0.4) is 0 Å². The second-order valence-corrected chi connectivity index (χ2v) is 10.3. The molecule has 2 amide bonds. The van der Waals surface area contributed by atoms with Crippen molar-refractivity contribution in [3.63, 3.8) is 0 Å². The first-order valence-electron chi connectivity index (χ1n) is 10.9. The fourth-order valence-corrected chi connectivity index (χ4v) is 4.10. The highest BCUT2D eigenvalue weighted by molar-refractivity contribution is 5.92. The molecule has 1 aromatic carbocycles. The molecule has 1 aromatic rings. The largest absolute Gasteiger partial charge is 0.444 e. The van der Waals surface area contributed by atoms with Crippen molar-refractivity contribution < 1.29 is 14.3 Å². The van der Waals surface area contributed by atoms with Gasteiger partial charge in [-0.15, -0.1) is 0 Å². The summed E-state index contributed by atoms with van der Waals surface area (Å²) in [5.74, 6) is 0.302. The molecule has 3 atom stereocenters. The molecular weight excluding hydrogens is 378 g/mol. The molecule has 1 saturated heterocycles. The van der Waals surface area contributed by atoms with E-state index < -0.39 is 11.5 Å². The Bertz CT molecular complexity index is 756. The van der Waals surface area contributed by atoms with Gasteiger partial charge in [0, 0.05) is 24.7 Å². The minimum absolute atomic E-state index is 0.0200. The van der Waals surface area contributed by atoms with E-state index in [-0.39, 0.29) is 17.6 Å². The molecule has 0 radical (unpaired) electrons. The molecule has 6 heteroatoms. The molecule has 0 unspecified atom stereocenters. The number of carbonyl (C=O) groups excluding carboxylic acids is 2. The van der Waals surface area contributed by atoms with E-state index in [0.29, 0.717) is 17.4 Å². The van der Waals surface area contributed by atoms with Crippen LogP contribution in [0, 0.1) is 11.8 Å². The lowest BCUT2D eigenvalue weighted by molar-refractivity contribution is 0.0444. The third-order valence-electron chi connectivity index (χ3n) is 6.34. The van der Waals surface area contributed by atoms with Crippen molar-refractivity contribution in [2.45, 2.75) is 71.9 Å². The van der Waals surface area contributed by atoms with E-state index in [1.807, 2.05) is 32.9 Å². The topological polar surface area (TPSA) is 84.7 Å². The van der Waals surface area contributed by atoms with Crippen molar-refractivity contribution in [3.8, 4) is 0 Å². The predicted octanol–water partition coefficient (Wildman–Crippen LogP) is 3.93. The van der Waals surface area contributed by atoms with Crippen molar-refractivity contribution in [1.29, 1.82) is 0 Å². The molecule has 0 bridgehead atoms. The average Bonchev–Trinajstić information content (AvgIpc) is 2.62. The highest BCUT2D eigenvalue weighted by Gasteiger charge is 2.39. The molecule has 0 saturated carbocycles. The van der Waals surface area contributed by atoms with E-state index >= 15 is 0 Å². The van der Waals surface area contributed by atoms with Gasteiger partial charge in [-0.3, -0.25) is 4.79 Å². The molecule has 2 rings (SSSR count). The summed E-state index contributed by atoms with van der Waals surface area (Å²) in [7, 11) is 0. The number of amides is 2. The number of alkyl carbamates (subject to hydrolysis) is 1. The van der Waals surface area contributed by atoms with E-state index in [9.17, 15) is 9.59 Å². The Labute approximate surface area is 181 Å². The normalized spacial score (nSPS) is 23.8. The molecule has 168 valence electrons. The van der Waals surface area contributed by atoms with E-state index in [4.69, 9.17) is 10.5 Å². The van der Waals surface area contributed by atoms with Crippen LogP contribution >= 0.6 is 0 Å². The van der Waals surface area contributed by atoms with Crippen molar-refractivity contribution in [2.75, 3.05) is 19.6 Å². The first kappa shape index (κ1) is 24.2. The minimum atomic E-state index is -0.507. The van der Waals surface area contributed by atoms with Gasteiger partial charge >= 0.3 is 6.09 Å². The number of likely N-dealkylation sites (tertiary alicyclic amines) is 1. The Kier molecular flexibility index (Phi) is 7.56. The Hall–Kier alpha value is -2.08. The Morgan fingerprint density at radius 3 is 2.53 bits per heavy atom. The van der Waals surface area contributed by atoms with Crippen molar-refractivity contribution in [1.82, 2.24) is 10.2 Å². The van der Waals surface area contributed by atoms with Crippen molar-refractivity contribution in [2.24, 2.45) is 17.6 Å². The van der Waals surface area contributed by atoms with E-state index in [2.05, 4.69) is 44.0 Å². The summed E-state index contributed by atoms with van der Waals surface area (Å²) < 4.78 is 5.44. The van der Waals surface area contributed by atoms with Gasteiger partial charge in [-0.1, -0.05) is 39.8 Å². The number of piperidine rings is 1. The monoisotopic (exact) mass is 417 g/mol. The van der Waals surface area contributed by atoms with Gasteiger partial charge in [-0.2, -0.15) is 0 Å². The molecule has 1 heterocycles. The molecule has 0 spiro atoms. The molecule has 30 heavy (non-hydrogen) atoms. The number of nitrogens with two attached hydrogens (primary N) is 1. The molecule has 0 aliphatic carbocycles. The molecular formula is C24H39N3O3. The molecule has 1 aliphatic rings. The van der Waals surface area contributed by atoms with Crippen LogP contribution in [-0.4, -0.2) is 48.2 Å². The number of primary amides is 1. The van der Waals surface area contributed by atoms with Gasteiger partial charge in [0.15, 0.2) is 0 Å². The molecule has 3 N–H and O–H groups in total. The number of nitrogens with zero attached hydrogens (tertiary/aromatic N) is 1. The first-order valence-corrected chi connectivity index (χ1v) is 10.9. The van der Waals surface area contributed by atoms with Gasteiger partial charge in [0.1, 0.15) is 5.60 Å².